The van der Waals surface area contributed by atoms with Gasteiger partial charge in [-0.1, -0.05) is 0 Å². The van der Waals surface area contributed by atoms with E-state index < -0.39 is 21.8 Å². The second-order valence-electron chi connectivity index (χ2n) is 4.62. The van der Waals surface area contributed by atoms with Gasteiger partial charge in [-0.3, -0.25) is 0 Å². The monoisotopic (exact) mass is 288 g/mol. The average molecular weight is 288 g/mol. The van der Waals surface area contributed by atoms with Crippen molar-refractivity contribution in [3.05, 3.63) is 17.9 Å². The van der Waals surface area contributed by atoms with E-state index in [1.54, 1.807) is 0 Å². The van der Waals surface area contributed by atoms with Crippen molar-refractivity contribution in [3.8, 4) is 0 Å². The number of hydrogen-bond donors (Lipinski definition) is 1. The highest BCUT2D eigenvalue weighted by Crippen LogP contribution is 2.18. The lowest BCUT2D eigenvalue weighted by Gasteiger charge is -2.17. The Hall–Kier alpha value is -1.38. The van der Waals surface area contributed by atoms with Crippen LogP contribution in [0.4, 0.5) is 0 Å². The maximum absolute atomic E-state index is 12.3. The van der Waals surface area contributed by atoms with Crippen LogP contribution in [0, 0.1) is 0 Å². The molecule has 0 aliphatic carbocycles. The van der Waals surface area contributed by atoms with Crippen LogP contribution >= 0.6 is 0 Å². The molecule has 1 fully saturated rings. The first-order valence-corrected chi connectivity index (χ1v) is 7.48. The van der Waals surface area contributed by atoms with Crippen molar-refractivity contribution < 1.29 is 27.6 Å². The molecule has 0 aromatic carbocycles. The number of carbonyl (C=O) groups is 1. The lowest BCUT2D eigenvalue weighted by Crippen LogP contribution is -3.09. The molecule has 1 N–H and O–H groups in total. The van der Waals surface area contributed by atoms with Crippen molar-refractivity contribution in [2.24, 2.45) is 0 Å². The zero-order valence-electron chi connectivity index (χ0n) is 10.6. The van der Waals surface area contributed by atoms with Crippen LogP contribution in [0.15, 0.2) is 21.6 Å². The van der Waals surface area contributed by atoms with Crippen LogP contribution in [0.1, 0.15) is 17.0 Å². The standard InChI is InChI=1S/C11H16N2O5S/c1-12-5-2-6-13(8-7-12)19(16,17)10-4-3-9(18-10)11(14)15/h3-4H,2,5-8H2,1H3,(H,14,15). The summed E-state index contributed by atoms with van der Waals surface area (Å²) in [4.78, 5) is 11.9. The zero-order valence-corrected chi connectivity index (χ0v) is 11.4. The van der Waals surface area contributed by atoms with E-state index in [4.69, 9.17) is 4.42 Å². The maximum atomic E-state index is 12.3. The summed E-state index contributed by atoms with van der Waals surface area (Å²) in [5, 5.41) is 10.3. The first-order chi connectivity index (χ1) is 8.91. The van der Waals surface area contributed by atoms with Gasteiger partial charge in [0.2, 0.25) is 5.09 Å². The SMILES string of the molecule is C[NH+]1CCCN(S(=O)(=O)c2ccc(C(=O)[O-])o2)CC1. The third kappa shape index (κ3) is 2.96. The first kappa shape index (κ1) is 14.0. The highest BCUT2D eigenvalue weighted by molar-refractivity contribution is 7.89. The van der Waals surface area contributed by atoms with Crippen LogP contribution in [0.2, 0.25) is 0 Å². The Balaban J connectivity index is 2.23. The summed E-state index contributed by atoms with van der Waals surface area (Å²) in [7, 11) is -1.75. The van der Waals surface area contributed by atoms with E-state index in [-0.39, 0.29) is 5.09 Å². The quantitative estimate of drug-likeness (QED) is 0.666. The number of carbonyl (C=O) groups excluding carboxylic acids is 1. The van der Waals surface area contributed by atoms with Crippen LogP contribution in [0.25, 0.3) is 0 Å². The number of carboxylic acids is 1. The Bertz CT molecular complexity index is 565. The van der Waals surface area contributed by atoms with Crippen LogP contribution in [-0.2, 0) is 10.0 Å². The maximum Gasteiger partial charge on any atom is 0.276 e. The second-order valence-corrected chi connectivity index (χ2v) is 6.49. The highest BCUT2D eigenvalue weighted by atomic mass is 32.2. The summed E-state index contributed by atoms with van der Waals surface area (Å²) < 4.78 is 30.8. The van der Waals surface area contributed by atoms with Crippen molar-refractivity contribution >= 4 is 16.0 Å². The fourth-order valence-electron chi connectivity index (χ4n) is 2.05. The molecule has 1 aliphatic heterocycles. The van der Waals surface area contributed by atoms with Crippen molar-refractivity contribution in [1.29, 1.82) is 0 Å². The fourth-order valence-corrected chi connectivity index (χ4v) is 3.44. The lowest BCUT2D eigenvalue weighted by molar-refractivity contribution is -0.877. The van der Waals surface area contributed by atoms with E-state index in [9.17, 15) is 18.3 Å². The molecule has 19 heavy (non-hydrogen) atoms. The Labute approximate surface area is 111 Å². The number of sulfonamides is 1. The van der Waals surface area contributed by atoms with E-state index in [0.717, 1.165) is 25.1 Å². The van der Waals surface area contributed by atoms with Crippen LogP contribution in [0.5, 0.6) is 0 Å². The number of likely N-dealkylation sites (N-methyl/N-ethyl adjacent to an activating group) is 1. The molecule has 0 saturated carbocycles. The van der Waals surface area contributed by atoms with E-state index in [0.29, 0.717) is 19.6 Å². The molecule has 0 amide bonds. The van der Waals surface area contributed by atoms with Crippen molar-refractivity contribution in [2.45, 2.75) is 11.5 Å². The van der Waals surface area contributed by atoms with Crippen LogP contribution in [0.3, 0.4) is 0 Å². The molecule has 106 valence electrons. The zero-order chi connectivity index (χ0) is 14.0. The van der Waals surface area contributed by atoms with Gasteiger partial charge in [0.05, 0.1) is 26.7 Å². The molecule has 7 nitrogen and oxygen atoms in total. The van der Waals surface area contributed by atoms with Crippen molar-refractivity contribution in [3.63, 3.8) is 0 Å². The molecule has 0 spiro atoms. The molecule has 1 aromatic rings. The number of quaternary nitrogens is 1. The van der Waals surface area contributed by atoms with Gasteiger partial charge in [-0.2, -0.15) is 4.31 Å². The van der Waals surface area contributed by atoms with Crippen LogP contribution < -0.4 is 10.0 Å². The topological polar surface area (TPSA) is 95.1 Å². The van der Waals surface area contributed by atoms with Gasteiger partial charge in [-0.25, -0.2) is 8.42 Å². The molecular formula is C11H16N2O5S. The molecule has 1 aliphatic rings. The number of rotatable bonds is 3. The highest BCUT2D eigenvalue weighted by Gasteiger charge is 2.30. The second kappa shape index (κ2) is 5.32. The largest absolute Gasteiger partial charge is 0.542 e. The summed E-state index contributed by atoms with van der Waals surface area (Å²) in [6, 6.07) is 2.25. The van der Waals surface area contributed by atoms with Gasteiger partial charge in [0, 0.05) is 13.0 Å². The van der Waals surface area contributed by atoms with Gasteiger partial charge < -0.3 is 19.2 Å². The van der Waals surface area contributed by atoms with E-state index in [2.05, 4.69) is 0 Å². The van der Waals surface area contributed by atoms with E-state index >= 15 is 0 Å². The number of hydrogen-bond acceptors (Lipinski definition) is 5. The molecule has 1 saturated heterocycles. The average Bonchev–Trinajstić information content (AvgIpc) is 2.74. The fraction of sp³-hybridized carbons (Fsp3) is 0.545. The number of aromatic carboxylic acids is 1. The Morgan fingerprint density at radius 2 is 2.11 bits per heavy atom. The summed E-state index contributed by atoms with van der Waals surface area (Å²) in [5.41, 5.74) is 0. The van der Waals surface area contributed by atoms with Gasteiger partial charge >= 0.3 is 0 Å². The number of nitrogens with one attached hydrogen (secondary N) is 1. The van der Waals surface area contributed by atoms with E-state index in [1.165, 1.54) is 9.21 Å². The van der Waals surface area contributed by atoms with Gasteiger partial charge in [-0.05, 0) is 12.1 Å². The third-order valence-electron chi connectivity index (χ3n) is 3.18. The number of carboxylic acid groups (broad SMARTS) is 1. The molecule has 1 atom stereocenters. The third-order valence-corrected chi connectivity index (χ3v) is 4.95. The van der Waals surface area contributed by atoms with Gasteiger partial charge in [0.25, 0.3) is 10.0 Å². The van der Waals surface area contributed by atoms with E-state index in [1.807, 2.05) is 7.05 Å². The minimum absolute atomic E-state index is 0.341. The van der Waals surface area contributed by atoms with Crippen molar-refractivity contribution in [1.82, 2.24) is 4.31 Å². The summed E-state index contributed by atoms with van der Waals surface area (Å²) in [5.74, 6) is -2.00. The van der Waals surface area contributed by atoms with Gasteiger partial charge in [0.15, 0.2) is 5.76 Å². The number of furan rings is 1. The predicted octanol–water partition coefficient (Wildman–Crippen LogP) is -2.45. The molecule has 0 radical (unpaired) electrons. The molecule has 0 bridgehead atoms. The van der Waals surface area contributed by atoms with Gasteiger partial charge in [0.1, 0.15) is 5.97 Å². The molecule has 1 unspecified atom stereocenters. The molecule has 2 rings (SSSR count). The number of nitrogens with zero attached hydrogens (tertiary/aromatic N) is 1. The Morgan fingerprint density at radius 3 is 2.74 bits per heavy atom. The predicted molar refractivity (Wildman–Crippen MR) is 63.0 cm³/mol. The smallest absolute Gasteiger partial charge is 0.276 e. The summed E-state index contributed by atoms with van der Waals surface area (Å²) >= 11 is 0. The minimum atomic E-state index is -3.76. The minimum Gasteiger partial charge on any atom is -0.542 e. The van der Waals surface area contributed by atoms with Crippen molar-refractivity contribution in [2.75, 3.05) is 33.2 Å². The lowest BCUT2D eigenvalue weighted by atomic mass is 10.4. The molecular weight excluding hydrogens is 272 g/mol. The molecule has 8 heteroatoms. The Morgan fingerprint density at radius 1 is 1.37 bits per heavy atom. The first-order valence-electron chi connectivity index (χ1n) is 6.04. The summed E-state index contributed by atoms with van der Waals surface area (Å²) in [6.45, 7) is 2.44. The normalized spacial score (nSPS) is 22.1. The molecule has 1 aromatic heterocycles. The van der Waals surface area contributed by atoms with Crippen LogP contribution in [-0.4, -0.2) is 51.9 Å². The Kier molecular flexibility index (Phi) is 3.93. The summed E-state index contributed by atoms with van der Waals surface area (Å²) in [6.07, 6.45) is 0.763. The molecule has 2 heterocycles. The van der Waals surface area contributed by atoms with Gasteiger partial charge in [-0.15, -0.1) is 0 Å².